The Labute approximate surface area is 122 Å². The van der Waals surface area contributed by atoms with Gasteiger partial charge in [-0.15, -0.1) is 0 Å². The van der Waals surface area contributed by atoms with Crippen LogP contribution in [-0.4, -0.2) is 48.8 Å². The number of nitrogens with zero attached hydrogens (tertiary/aromatic N) is 1. The fraction of sp³-hybridized carbons (Fsp3) is 0.917. The summed E-state index contributed by atoms with van der Waals surface area (Å²) in [5.41, 5.74) is 0. The Morgan fingerprint density at radius 3 is 2.33 bits per heavy atom. The van der Waals surface area contributed by atoms with Gasteiger partial charge in [0.25, 0.3) is 0 Å². The van der Waals surface area contributed by atoms with Gasteiger partial charge in [-0.05, 0) is 12.3 Å². The van der Waals surface area contributed by atoms with Gasteiger partial charge < -0.3 is 5.11 Å². The summed E-state index contributed by atoms with van der Waals surface area (Å²) in [7, 11) is -3.87. The molecular weight excluding hydrogens is 311 g/mol. The van der Waals surface area contributed by atoms with Gasteiger partial charge in [0.2, 0.25) is 10.0 Å². The number of carbonyl (C=O) groups is 1. The summed E-state index contributed by atoms with van der Waals surface area (Å²) in [6.45, 7) is 2.19. The number of hydrogen-bond acceptors (Lipinski definition) is 3. The molecule has 0 spiro atoms. The maximum absolute atomic E-state index is 12.8. The molecule has 0 saturated carbocycles. The van der Waals surface area contributed by atoms with Gasteiger partial charge in [0.15, 0.2) is 0 Å². The zero-order valence-electron chi connectivity index (χ0n) is 11.9. The maximum Gasteiger partial charge on any atom is 0.393 e. The van der Waals surface area contributed by atoms with Crippen LogP contribution < -0.4 is 0 Å². The van der Waals surface area contributed by atoms with Crippen LogP contribution in [0.5, 0.6) is 0 Å². The van der Waals surface area contributed by atoms with Crippen molar-refractivity contribution in [2.45, 2.75) is 32.9 Å². The number of sulfonamides is 1. The second kappa shape index (κ2) is 6.51. The number of rotatable bonds is 6. The van der Waals surface area contributed by atoms with E-state index in [1.54, 1.807) is 6.92 Å². The van der Waals surface area contributed by atoms with Crippen molar-refractivity contribution >= 4 is 16.0 Å². The molecule has 1 aliphatic rings. The van der Waals surface area contributed by atoms with Crippen LogP contribution >= 0.6 is 0 Å². The van der Waals surface area contributed by atoms with Gasteiger partial charge >= 0.3 is 12.1 Å². The summed E-state index contributed by atoms with van der Waals surface area (Å²) in [5.74, 6) is -5.92. The number of halogens is 3. The fourth-order valence-electron chi connectivity index (χ4n) is 2.62. The van der Waals surface area contributed by atoms with Crippen LogP contribution in [0, 0.1) is 17.8 Å². The third-order valence-corrected chi connectivity index (χ3v) is 5.77. The second-order valence-electron chi connectivity index (χ2n) is 5.58. The van der Waals surface area contributed by atoms with E-state index in [1.807, 2.05) is 6.92 Å². The number of carboxylic acids is 1. The molecule has 1 heterocycles. The van der Waals surface area contributed by atoms with Crippen molar-refractivity contribution in [3.63, 3.8) is 0 Å². The molecule has 3 atom stereocenters. The van der Waals surface area contributed by atoms with Gasteiger partial charge in [0.1, 0.15) is 0 Å². The van der Waals surface area contributed by atoms with E-state index in [4.69, 9.17) is 5.11 Å². The Kier molecular flexibility index (Phi) is 5.65. The molecule has 0 bridgehead atoms. The highest BCUT2D eigenvalue weighted by atomic mass is 32.2. The van der Waals surface area contributed by atoms with Gasteiger partial charge in [0, 0.05) is 13.1 Å². The van der Waals surface area contributed by atoms with Crippen LogP contribution in [0.3, 0.4) is 0 Å². The Balaban J connectivity index is 2.88. The number of carboxylic acid groups (broad SMARTS) is 1. The first kappa shape index (κ1) is 18.2. The molecule has 1 N–H and O–H groups in total. The lowest BCUT2D eigenvalue weighted by atomic mass is 9.96. The van der Waals surface area contributed by atoms with Crippen molar-refractivity contribution in [1.82, 2.24) is 4.31 Å². The van der Waals surface area contributed by atoms with Crippen molar-refractivity contribution in [2.24, 2.45) is 17.8 Å². The molecule has 0 aliphatic carbocycles. The minimum Gasteiger partial charge on any atom is -0.481 e. The van der Waals surface area contributed by atoms with Gasteiger partial charge in [-0.3, -0.25) is 4.79 Å². The van der Waals surface area contributed by atoms with E-state index in [0.717, 1.165) is 6.42 Å². The number of hydrogen-bond donors (Lipinski definition) is 1. The van der Waals surface area contributed by atoms with Gasteiger partial charge in [-0.2, -0.15) is 13.2 Å². The maximum atomic E-state index is 12.8. The molecule has 21 heavy (non-hydrogen) atoms. The largest absolute Gasteiger partial charge is 0.481 e. The average Bonchev–Trinajstić information content (AvgIpc) is 2.73. The van der Waals surface area contributed by atoms with Crippen LogP contribution in [0.2, 0.25) is 0 Å². The van der Waals surface area contributed by atoms with Crippen molar-refractivity contribution in [3.8, 4) is 0 Å². The zero-order chi connectivity index (χ0) is 16.4. The summed E-state index contributed by atoms with van der Waals surface area (Å²) >= 11 is 0. The van der Waals surface area contributed by atoms with E-state index in [9.17, 15) is 26.4 Å². The van der Waals surface area contributed by atoms with E-state index < -0.39 is 47.1 Å². The highest BCUT2D eigenvalue weighted by Crippen LogP contribution is 2.38. The third-order valence-electron chi connectivity index (χ3n) is 3.69. The van der Waals surface area contributed by atoms with Crippen molar-refractivity contribution < 1.29 is 31.5 Å². The van der Waals surface area contributed by atoms with Gasteiger partial charge in [-0.1, -0.05) is 20.3 Å². The topological polar surface area (TPSA) is 74.7 Å². The smallest absolute Gasteiger partial charge is 0.393 e. The normalized spacial score (nSPS) is 26.0. The average molecular weight is 331 g/mol. The Morgan fingerprint density at radius 2 is 1.95 bits per heavy atom. The number of alkyl halides is 3. The van der Waals surface area contributed by atoms with E-state index in [-0.39, 0.29) is 11.7 Å². The van der Waals surface area contributed by atoms with Crippen LogP contribution in [-0.2, 0) is 14.8 Å². The molecule has 0 aromatic carbocycles. The lowest BCUT2D eigenvalue weighted by Crippen LogP contribution is -2.35. The summed E-state index contributed by atoms with van der Waals surface area (Å²) in [4.78, 5) is 10.9. The van der Waals surface area contributed by atoms with Crippen LogP contribution in [0.15, 0.2) is 0 Å². The molecule has 0 amide bonds. The van der Waals surface area contributed by atoms with E-state index in [1.165, 1.54) is 0 Å². The minimum absolute atomic E-state index is 0.173. The Bertz CT molecular complexity index is 477. The molecule has 124 valence electrons. The lowest BCUT2D eigenvalue weighted by molar-refractivity contribution is -0.187. The molecule has 0 radical (unpaired) electrons. The van der Waals surface area contributed by atoms with Crippen molar-refractivity contribution in [3.05, 3.63) is 0 Å². The van der Waals surface area contributed by atoms with E-state index >= 15 is 0 Å². The van der Waals surface area contributed by atoms with E-state index in [0.29, 0.717) is 10.7 Å². The van der Waals surface area contributed by atoms with Gasteiger partial charge in [-0.25, -0.2) is 12.7 Å². The van der Waals surface area contributed by atoms with Crippen molar-refractivity contribution in [2.75, 3.05) is 18.8 Å². The summed E-state index contributed by atoms with van der Waals surface area (Å²) in [6.07, 6.45) is -3.29. The molecule has 1 aliphatic heterocycles. The molecule has 1 rings (SSSR count). The molecule has 1 fully saturated rings. The van der Waals surface area contributed by atoms with Crippen LogP contribution in [0.25, 0.3) is 0 Å². The Hall–Kier alpha value is -0.830. The minimum atomic E-state index is -4.72. The lowest BCUT2D eigenvalue weighted by Gasteiger charge is -2.20. The summed E-state index contributed by atoms with van der Waals surface area (Å²) < 4.78 is 63.4. The molecule has 0 aromatic rings. The van der Waals surface area contributed by atoms with E-state index in [2.05, 4.69) is 0 Å². The molecule has 1 unspecified atom stereocenters. The first-order valence-electron chi connectivity index (χ1n) is 6.76. The monoisotopic (exact) mass is 331 g/mol. The molecular formula is C12H20F3NO4S. The summed E-state index contributed by atoms with van der Waals surface area (Å²) in [6, 6.07) is 0. The predicted octanol–water partition coefficient (Wildman–Crippen LogP) is 1.95. The number of aliphatic carboxylic acids is 1. The second-order valence-corrected chi connectivity index (χ2v) is 7.60. The first-order valence-corrected chi connectivity index (χ1v) is 8.37. The highest BCUT2D eigenvalue weighted by Gasteiger charge is 2.54. The highest BCUT2D eigenvalue weighted by molar-refractivity contribution is 7.89. The van der Waals surface area contributed by atoms with Crippen molar-refractivity contribution in [1.29, 1.82) is 0 Å². The summed E-state index contributed by atoms with van der Waals surface area (Å²) in [5, 5.41) is 8.88. The molecule has 0 aromatic heterocycles. The SMILES string of the molecule is CCCC(C)CS(=O)(=O)N1C[C@@H](C(F)(F)F)[C@H](C(=O)O)C1. The molecule has 1 saturated heterocycles. The third kappa shape index (κ3) is 4.57. The standard InChI is InChI=1S/C12H20F3NO4S/c1-3-4-8(2)7-21(19,20)16-5-9(11(17)18)10(6-16)12(13,14)15/h8-10H,3-7H2,1-2H3,(H,17,18)/t8?,9-,10-/m1/s1. The molecule has 5 nitrogen and oxygen atoms in total. The zero-order valence-corrected chi connectivity index (χ0v) is 12.7. The Morgan fingerprint density at radius 1 is 1.38 bits per heavy atom. The fourth-order valence-corrected chi connectivity index (χ4v) is 4.49. The quantitative estimate of drug-likeness (QED) is 0.807. The van der Waals surface area contributed by atoms with Crippen LogP contribution in [0.1, 0.15) is 26.7 Å². The molecule has 9 heteroatoms. The van der Waals surface area contributed by atoms with Gasteiger partial charge in [0.05, 0.1) is 17.6 Å². The first-order chi connectivity index (χ1) is 9.49. The van der Waals surface area contributed by atoms with Crippen LogP contribution in [0.4, 0.5) is 13.2 Å². The predicted molar refractivity (Wildman–Crippen MR) is 70.1 cm³/mol.